The predicted octanol–water partition coefficient (Wildman–Crippen LogP) is 1.40. The van der Waals surface area contributed by atoms with E-state index in [0.717, 1.165) is 25.1 Å². The summed E-state index contributed by atoms with van der Waals surface area (Å²) in [4.78, 5) is 13.9. The van der Waals surface area contributed by atoms with Crippen LogP contribution in [0.5, 0.6) is 5.75 Å². The number of carbonyl (C=O) groups excluding carboxylic acids is 1. The van der Waals surface area contributed by atoms with Crippen molar-refractivity contribution in [2.75, 3.05) is 19.6 Å². The summed E-state index contributed by atoms with van der Waals surface area (Å²) in [5.41, 5.74) is 6.42. The predicted molar refractivity (Wildman–Crippen MR) is 70.6 cm³/mol. The zero-order valence-corrected chi connectivity index (χ0v) is 10.9. The first-order valence-corrected chi connectivity index (χ1v) is 6.43. The number of hydrogen-bond donors (Lipinski definition) is 2. The van der Waals surface area contributed by atoms with Crippen LogP contribution < -0.4 is 5.73 Å². The third-order valence-electron chi connectivity index (χ3n) is 3.34. The van der Waals surface area contributed by atoms with Crippen LogP contribution in [0.4, 0.5) is 0 Å². The van der Waals surface area contributed by atoms with Gasteiger partial charge in [-0.1, -0.05) is 17.7 Å². The van der Waals surface area contributed by atoms with Crippen molar-refractivity contribution in [3.8, 4) is 5.75 Å². The average molecular weight is 269 g/mol. The van der Waals surface area contributed by atoms with Gasteiger partial charge in [-0.15, -0.1) is 0 Å². The Morgan fingerprint density at radius 1 is 1.56 bits per heavy atom. The molecule has 98 valence electrons. The molecule has 1 aliphatic rings. The number of amides is 1. The number of phenols is 1. The summed E-state index contributed by atoms with van der Waals surface area (Å²) in [5, 5.41) is 9.59. The lowest BCUT2D eigenvalue weighted by Gasteiger charge is -2.16. The third-order valence-corrected chi connectivity index (χ3v) is 3.64. The molecule has 2 rings (SSSR count). The van der Waals surface area contributed by atoms with E-state index < -0.39 is 0 Å². The van der Waals surface area contributed by atoms with Crippen LogP contribution >= 0.6 is 11.6 Å². The fraction of sp³-hybridized carbons (Fsp3) is 0.462. The Morgan fingerprint density at radius 2 is 2.33 bits per heavy atom. The normalized spacial score (nSPS) is 19.2. The third kappa shape index (κ3) is 2.94. The summed E-state index contributed by atoms with van der Waals surface area (Å²) in [6, 6.07) is 4.86. The molecule has 1 aliphatic heterocycles. The van der Waals surface area contributed by atoms with Crippen molar-refractivity contribution < 1.29 is 9.90 Å². The van der Waals surface area contributed by atoms with Gasteiger partial charge in [-0.05, 0) is 36.6 Å². The number of rotatable bonds is 3. The van der Waals surface area contributed by atoms with E-state index in [1.807, 2.05) is 4.90 Å². The van der Waals surface area contributed by atoms with Crippen molar-refractivity contribution in [2.24, 2.45) is 11.7 Å². The summed E-state index contributed by atoms with van der Waals surface area (Å²) in [6.45, 7) is 2.17. The molecule has 1 unspecified atom stereocenters. The molecule has 5 heteroatoms. The van der Waals surface area contributed by atoms with Gasteiger partial charge in [0.25, 0.3) is 0 Å². The van der Waals surface area contributed by atoms with Crippen molar-refractivity contribution in [3.63, 3.8) is 0 Å². The van der Waals surface area contributed by atoms with E-state index in [2.05, 4.69) is 0 Å². The Labute approximate surface area is 111 Å². The minimum absolute atomic E-state index is 0.0391. The molecule has 0 spiro atoms. The van der Waals surface area contributed by atoms with Crippen LogP contribution in [-0.2, 0) is 11.2 Å². The molecule has 0 aliphatic carbocycles. The van der Waals surface area contributed by atoms with Crippen molar-refractivity contribution in [1.82, 2.24) is 4.90 Å². The summed E-state index contributed by atoms with van der Waals surface area (Å²) in [7, 11) is 0. The van der Waals surface area contributed by atoms with Crippen LogP contribution in [0.25, 0.3) is 0 Å². The number of halogens is 1. The van der Waals surface area contributed by atoms with E-state index in [1.165, 1.54) is 6.07 Å². The second-order valence-corrected chi connectivity index (χ2v) is 5.10. The van der Waals surface area contributed by atoms with Crippen LogP contribution in [0.3, 0.4) is 0 Å². The monoisotopic (exact) mass is 268 g/mol. The standard InChI is InChI=1S/C13H17ClN2O2/c14-11-5-9(1-2-12(11)17)6-13(18)16-4-3-10(7-15)8-16/h1-2,5,10,17H,3-4,6-8,15H2. The average Bonchev–Trinajstić information content (AvgIpc) is 2.82. The Morgan fingerprint density at radius 3 is 2.94 bits per heavy atom. The van der Waals surface area contributed by atoms with Gasteiger partial charge in [0, 0.05) is 13.1 Å². The van der Waals surface area contributed by atoms with Gasteiger partial charge in [0.15, 0.2) is 0 Å². The van der Waals surface area contributed by atoms with E-state index in [-0.39, 0.29) is 16.7 Å². The van der Waals surface area contributed by atoms with Crippen LogP contribution in [0.15, 0.2) is 18.2 Å². The van der Waals surface area contributed by atoms with E-state index >= 15 is 0 Å². The summed E-state index contributed by atoms with van der Waals surface area (Å²) < 4.78 is 0. The highest BCUT2D eigenvalue weighted by Gasteiger charge is 2.25. The summed E-state index contributed by atoms with van der Waals surface area (Å²) >= 11 is 5.81. The van der Waals surface area contributed by atoms with Crippen LogP contribution in [-0.4, -0.2) is 35.5 Å². The molecule has 0 bridgehead atoms. The molecule has 1 saturated heterocycles. The van der Waals surface area contributed by atoms with E-state index in [4.69, 9.17) is 17.3 Å². The number of carbonyl (C=O) groups is 1. The van der Waals surface area contributed by atoms with Gasteiger partial charge in [-0.25, -0.2) is 0 Å². The molecule has 1 heterocycles. The number of aromatic hydroxyl groups is 1. The topological polar surface area (TPSA) is 66.6 Å². The van der Waals surface area contributed by atoms with Crippen molar-refractivity contribution in [2.45, 2.75) is 12.8 Å². The largest absolute Gasteiger partial charge is 0.506 e. The number of nitrogens with two attached hydrogens (primary N) is 1. The molecular formula is C13H17ClN2O2. The number of benzene rings is 1. The van der Waals surface area contributed by atoms with E-state index in [0.29, 0.717) is 18.9 Å². The van der Waals surface area contributed by atoms with Gasteiger partial charge in [-0.3, -0.25) is 4.79 Å². The molecule has 1 aromatic carbocycles. The van der Waals surface area contributed by atoms with Crippen LogP contribution in [0.2, 0.25) is 5.02 Å². The maximum atomic E-state index is 12.1. The first kappa shape index (κ1) is 13.2. The fourth-order valence-electron chi connectivity index (χ4n) is 2.20. The SMILES string of the molecule is NCC1CCN(C(=O)Cc2ccc(O)c(Cl)c2)C1. The summed E-state index contributed by atoms with van der Waals surface area (Å²) in [5.74, 6) is 0.558. The number of phenolic OH excluding ortho intramolecular Hbond substituents is 1. The zero-order valence-electron chi connectivity index (χ0n) is 10.1. The fourth-order valence-corrected chi connectivity index (χ4v) is 2.40. The maximum absolute atomic E-state index is 12.1. The van der Waals surface area contributed by atoms with Gasteiger partial charge in [0.1, 0.15) is 5.75 Å². The molecule has 1 atom stereocenters. The minimum atomic E-state index is 0.0391. The van der Waals surface area contributed by atoms with Gasteiger partial charge in [0.05, 0.1) is 11.4 Å². The van der Waals surface area contributed by atoms with E-state index in [1.54, 1.807) is 12.1 Å². The smallest absolute Gasteiger partial charge is 0.227 e. The van der Waals surface area contributed by atoms with Gasteiger partial charge in [-0.2, -0.15) is 0 Å². The van der Waals surface area contributed by atoms with Gasteiger partial charge in [0.2, 0.25) is 5.91 Å². The summed E-state index contributed by atoms with van der Waals surface area (Å²) in [6.07, 6.45) is 1.30. The molecule has 1 amide bonds. The second kappa shape index (κ2) is 5.59. The van der Waals surface area contributed by atoms with Gasteiger partial charge < -0.3 is 15.7 Å². The zero-order chi connectivity index (χ0) is 13.1. The number of likely N-dealkylation sites (tertiary alicyclic amines) is 1. The molecule has 18 heavy (non-hydrogen) atoms. The lowest BCUT2D eigenvalue weighted by Crippen LogP contribution is -2.31. The Balaban J connectivity index is 1.97. The van der Waals surface area contributed by atoms with E-state index in [9.17, 15) is 9.90 Å². The minimum Gasteiger partial charge on any atom is -0.506 e. The Hall–Kier alpha value is -1.26. The second-order valence-electron chi connectivity index (χ2n) is 4.69. The first-order chi connectivity index (χ1) is 8.60. The molecule has 1 fully saturated rings. The van der Waals surface area contributed by atoms with Gasteiger partial charge >= 0.3 is 0 Å². The lowest BCUT2D eigenvalue weighted by molar-refractivity contribution is -0.129. The van der Waals surface area contributed by atoms with Crippen molar-refractivity contribution >= 4 is 17.5 Å². The molecule has 4 nitrogen and oxygen atoms in total. The Bertz CT molecular complexity index is 451. The molecule has 1 aromatic rings. The Kier molecular flexibility index (Phi) is 4.09. The highest BCUT2D eigenvalue weighted by atomic mass is 35.5. The quantitative estimate of drug-likeness (QED) is 0.871. The lowest BCUT2D eigenvalue weighted by atomic mass is 10.1. The molecule has 0 aromatic heterocycles. The van der Waals surface area contributed by atoms with Crippen molar-refractivity contribution in [3.05, 3.63) is 28.8 Å². The number of hydrogen-bond acceptors (Lipinski definition) is 3. The van der Waals surface area contributed by atoms with Crippen LogP contribution in [0.1, 0.15) is 12.0 Å². The molecule has 0 radical (unpaired) electrons. The van der Waals surface area contributed by atoms with Crippen molar-refractivity contribution in [1.29, 1.82) is 0 Å². The van der Waals surface area contributed by atoms with Crippen LogP contribution in [0, 0.1) is 5.92 Å². The highest BCUT2D eigenvalue weighted by molar-refractivity contribution is 6.32. The highest BCUT2D eigenvalue weighted by Crippen LogP contribution is 2.24. The molecular weight excluding hydrogens is 252 g/mol. The number of nitrogens with zero attached hydrogens (tertiary/aromatic N) is 1. The molecule has 3 N–H and O–H groups in total. The first-order valence-electron chi connectivity index (χ1n) is 6.05. The molecule has 0 saturated carbocycles. The maximum Gasteiger partial charge on any atom is 0.227 e.